The lowest BCUT2D eigenvalue weighted by molar-refractivity contribution is -0.144. The summed E-state index contributed by atoms with van der Waals surface area (Å²) in [7, 11) is 0. The van der Waals surface area contributed by atoms with E-state index in [0.717, 1.165) is 13.0 Å². The Bertz CT molecular complexity index is 461. The van der Waals surface area contributed by atoms with Crippen LogP contribution in [-0.4, -0.2) is 28.3 Å². The van der Waals surface area contributed by atoms with E-state index in [0.29, 0.717) is 32.2 Å². The summed E-state index contributed by atoms with van der Waals surface area (Å²) in [5, 5.41) is 22.8. The molecule has 0 atom stereocenters. The van der Waals surface area contributed by atoms with Crippen LogP contribution in [0.5, 0.6) is 0 Å². The average Bonchev–Trinajstić information content (AvgIpc) is 2.48. The number of hydrogen-bond acceptors (Lipinski definition) is 3. The molecule has 0 heterocycles. The molecule has 1 aromatic carbocycles. The summed E-state index contributed by atoms with van der Waals surface area (Å²) >= 11 is 0. The van der Waals surface area contributed by atoms with Gasteiger partial charge in [0, 0.05) is 13.1 Å². The fraction of sp³-hybridized carbons (Fsp3) is 0.588. The maximum absolute atomic E-state index is 10.9. The Balaban J connectivity index is 1.76. The molecule has 0 aromatic heterocycles. The molecule has 0 unspecified atom stereocenters. The first kappa shape index (κ1) is 16.0. The van der Waals surface area contributed by atoms with Gasteiger partial charge in [0.05, 0.1) is 11.5 Å². The largest absolute Gasteiger partial charge is 0.481 e. The fourth-order valence-corrected chi connectivity index (χ4v) is 2.91. The van der Waals surface area contributed by atoms with Crippen molar-refractivity contribution in [1.82, 2.24) is 5.32 Å². The predicted molar refractivity (Wildman–Crippen MR) is 82.1 cm³/mol. The van der Waals surface area contributed by atoms with Gasteiger partial charge >= 0.3 is 5.97 Å². The van der Waals surface area contributed by atoms with Crippen LogP contribution in [0.25, 0.3) is 0 Å². The highest BCUT2D eigenvalue weighted by Gasteiger charge is 2.35. The van der Waals surface area contributed by atoms with Gasteiger partial charge in [0.2, 0.25) is 0 Å². The SMILES string of the molecule is CCc1ccc(CNCC2(O)CCC(C(=O)O)CC2)cc1. The first-order valence-electron chi connectivity index (χ1n) is 7.76. The van der Waals surface area contributed by atoms with E-state index in [1.165, 1.54) is 11.1 Å². The first-order chi connectivity index (χ1) is 10.0. The third-order valence-corrected chi connectivity index (χ3v) is 4.48. The molecule has 0 amide bonds. The zero-order valence-corrected chi connectivity index (χ0v) is 12.6. The molecule has 0 spiro atoms. The van der Waals surface area contributed by atoms with Crippen molar-refractivity contribution >= 4 is 5.97 Å². The van der Waals surface area contributed by atoms with Crippen molar-refractivity contribution in [2.24, 2.45) is 5.92 Å². The van der Waals surface area contributed by atoms with Gasteiger partial charge in [-0.1, -0.05) is 31.2 Å². The third kappa shape index (κ3) is 4.55. The molecule has 1 aliphatic carbocycles. The summed E-state index contributed by atoms with van der Waals surface area (Å²) in [5.41, 5.74) is 1.77. The van der Waals surface area contributed by atoms with Gasteiger partial charge in [0.1, 0.15) is 0 Å². The van der Waals surface area contributed by atoms with Gasteiger partial charge in [-0.3, -0.25) is 4.79 Å². The minimum atomic E-state index is -0.755. The van der Waals surface area contributed by atoms with Crippen molar-refractivity contribution in [1.29, 1.82) is 0 Å². The number of rotatable bonds is 6. The smallest absolute Gasteiger partial charge is 0.306 e. The van der Waals surface area contributed by atoms with Crippen LogP contribution in [0, 0.1) is 5.92 Å². The van der Waals surface area contributed by atoms with Crippen molar-refractivity contribution in [3.05, 3.63) is 35.4 Å². The lowest BCUT2D eigenvalue weighted by Gasteiger charge is -2.34. The zero-order chi connectivity index (χ0) is 15.3. The van der Waals surface area contributed by atoms with Crippen molar-refractivity contribution in [2.75, 3.05) is 6.54 Å². The summed E-state index contributed by atoms with van der Waals surface area (Å²) < 4.78 is 0. The van der Waals surface area contributed by atoms with Crippen LogP contribution in [-0.2, 0) is 17.8 Å². The van der Waals surface area contributed by atoms with Crippen LogP contribution in [0.4, 0.5) is 0 Å². The topological polar surface area (TPSA) is 69.6 Å². The molecule has 0 saturated heterocycles. The van der Waals surface area contributed by atoms with Crippen LogP contribution in [0.15, 0.2) is 24.3 Å². The number of carbonyl (C=O) groups is 1. The van der Waals surface area contributed by atoms with Gasteiger partial charge in [-0.15, -0.1) is 0 Å². The molecule has 1 aromatic rings. The summed E-state index contributed by atoms with van der Waals surface area (Å²) in [6.45, 7) is 3.39. The van der Waals surface area contributed by atoms with E-state index < -0.39 is 11.6 Å². The molecule has 3 N–H and O–H groups in total. The van der Waals surface area contributed by atoms with Crippen molar-refractivity contribution < 1.29 is 15.0 Å². The Morgan fingerprint density at radius 2 is 1.81 bits per heavy atom. The van der Waals surface area contributed by atoms with Gasteiger partial charge in [-0.2, -0.15) is 0 Å². The second-order valence-electron chi connectivity index (χ2n) is 6.11. The minimum Gasteiger partial charge on any atom is -0.481 e. The molecular formula is C17H25NO3. The second kappa shape index (κ2) is 7.05. The van der Waals surface area contributed by atoms with Crippen molar-refractivity contribution in [3.63, 3.8) is 0 Å². The Morgan fingerprint density at radius 1 is 1.24 bits per heavy atom. The highest BCUT2D eigenvalue weighted by molar-refractivity contribution is 5.70. The Morgan fingerprint density at radius 3 is 2.33 bits per heavy atom. The molecule has 4 nitrogen and oxygen atoms in total. The summed E-state index contributed by atoms with van der Waals surface area (Å²) in [6.07, 6.45) is 3.30. The van der Waals surface area contributed by atoms with Gasteiger partial charge in [-0.25, -0.2) is 0 Å². The standard InChI is InChI=1S/C17H25NO3/c1-2-13-3-5-14(6-4-13)11-18-12-17(21)9-7-15(8-10-17)16(19)20/h3-6,15,18,21H,2,7-12H2,1H3,(H,19,20). The van der Waals surface area contributed by atoms with E-state index in [-0.39, 0.29) is 5.92 Å². The number of carboxylic acid groups (broad SMARTS) is 1. The zero-order valence-electron chi connectivity index (χ0n) is 12.6. The lowest BCUT2D eigenvalue weighted by Crippen LogP contribution is -2.44. The Kier molecular flexibility index (Phi) is 5.37. The molecule has 0 bridgehead atoms. The molecule has 4 heteroatoms. The molecule has 1 aliphatic rings. The molecule has 116 valence electrons. The van der Waals surface area contributed by atoms with Crippen LogP contribution in [0.1, 0.15) is 43.7 Å². The normalized spacial score (nSPS) is 25.7. The van der Waals surface area contributed by atoms with Gasteiger partial charge < -0.3 is 15.5 Å². The number of hydrogen-bond donors (Lipinski definition) is 3. The summed E-state index contributed by atoms with van der Waals surface area (Å²) in [5.74, 6) is -1.02. The monoisotopic (exact) mass is 291 g/mol. The van der Waals surface area contributed by atoms with Crippen LogP contribution < -0.4 is 5.32 Å². The van der Waals surface area contributed by atoms with E-state index in [1.54, 1.807) is 0 Å². The highest BCUT2D eigenvalue weighted by Crippen LogP contribution is 2.31. The molecule has 1 saturated carbocycles. The third-order valence-electron chi connectivity index (χ3n) is 4.48. The van der Waals surface area contributed by atoms with E-state index in [2.05, 4.69) is 36.5 Å². The Hall–Kier alpha value is -1.39. The van der Waals surface area contributed by atoms with Gasteiger partial charge in [0.25, 0.3) is 0 Å². The molecule has 0 radical (unpaired) electrons. The quantitative estimate of drug-likeness (QED) is 0.752. The molecular weight excluding hydrogens is 266 g/mol. The number of aliphatic hydroxyl groups is 1. The number of benzene rings is 1. The molecule has 1 fully saturated rings. The first-order valence-corrected chi connectivity index (χ1v) is 7.76. The van der Waals surface area contributed by atoms with E-state index in [9.17, 15) is 9.90 Å². The number of aryl methyl sites for hydroxylation is 1. The average molecular weight is 291 g/mol. The van der Waals surface area contributed by atoms with Crippen LogP contribution >= 0.6 is 0 Å². The number of carboxylic acids is 1. The van der Waals surface area contributed by atoms with Crippen LogP contribution in [0.2, 0.25) is 0 Å². The molecule has 21 heavy (non-hydrogen) atoms. The maximum Gasteiger partial charge on any atom is 0.306 e. The second-order valence-corrected chi connectivity index (χ2v) is 6.11. The minimum absolute atomic E-state index is 0.285. The maximum atomic E-state index is 10.9. The fourth-order valence-electron chi connectivity index (χ4n) is 2.91. The number of aliphatic carboxylic acids is 1. The number of nitrogens with one attached hydrogen (secondary N) is 1. The van der Waals surface area contributed by atoms with Crippen molar-refractivity contribution in [2.45, 2.75) is 51.2 Å². The van der Waals surface area contributed by atoms with Gasteiger partial charge in [-0.05, 0) is 43.2 Å². The van der Waals surface area contributed by atoms with E-state index in [1.807, 2.05) is 0 Å². The van der Waals surface area contributed by atoms with E-state index in [4.69, 9.17) is 5.11 Å². The molecule has 0 aliphatic heterocycles. The predicted octanol–water partition coefficient (Wildman–Crippen LogP) is 2.34. The lowest BCUT2D eigenvalue weighted by atomic mass is 9.79. The highest BCUT2D eigenvalue weighted by atomic mass is 16.4. The van der Waals surface area contributed by atoms with E-state index >= 15 is 0 Å². The molecule has 2 rings (SSSR count). The summed E-state index contributed by atoms with van der Waals surface area (Å²) in [4.78, 5) is 10.9. The van der Waals surface area contributed by atoms with Gasteiger partial charge in [0.15, 0.2) is 0 Å². The Labute approximate surface area is 126 Å². The van der Waals surface area contributed by atoms with Crippen molar-refractivity contribution in [3.8, 4) is 0 Å². The summed E-state index contributed by atoms with van der Waals surface area (Å²) in [6, 6.07) is 8.47. The van der Waals surface area contributed by atoms with Crippen LogP contribution in [0.3, 0.4) is 0 Å².